The second-order valence-electron chi connectivity index (χ2n) is 4.65. The Bertz CT molecular complexity index is 522. The summed E-state index contributed by atoms with van der Waals surface area (Å²) in [7, 11) is 2.09. The third-order valence-corrected chi connectivity index (χ3v) is 3.20. The molecule has 0 N–H and O–H groups in total. The van der Waals surface area contributed by atoms with Crippen LogP contribution in [0.2, 0.25) is 0 Å². The van der Waals surface area contributed by atoms with Crippen LogP contribution < -0.4 is 4.74 Å². The lowest BCUT2D eigenvalue weighted by Gasteiger charge is -2.20. The number of hydrogen-bond donors (Lipinski definition) is 0. The molecule has 2 aromatic rings. The molecule has 94 valence electrons. The van der Waals surface area contributed by atoms with E-state index in [-0.39, 0.29) is 0 Å². The Morgan fingerprint density at radius 1 is 1.33 bits per heavy atom. The fourth-order valence-electron chi connectivity index (χ4n) is 2.16. The van der Waals surface area contributed by atoms with Crippen LogP contribution in [0.3, 0.4) is 0 Å². The molecule has 0 spiro atoms. The monoisotopic (exact) mass is 244 g/mol. The van der Waals surface area contributed by atoms with Crippen LogP contribution >= 0.6 is 0 Å². The van der Waals surface area contributed by atoms with E-state index < -0.39 is 0 Å². The number of rotatable bonds is 3. The first-order chi connectivity index (χ1) is 8.83. The number of aromatic nitrogens is 1. The number of fused-ring (bicyclic) bond motifs is 1. The molecule has 4 nitrogen and oxygen atoms in total. The molecular formula is C14H16N2O2. The standard InChI is InChI=1S/C14H16N2O2/c1-16-8-7-13-12(9-16)14(15-18-13)17-10-11-5-3-2-4-6-11/h2-6H,7-10H2,1H3. The van der Waals surface area contributed by atoms with Gasteiger partial charge in [0.15, 0.2) is 0 Å². The summed E-state index contributed by atoms with van der Waals surface area (Å²) < 4.78 is 11.1. The number of hydrogen-bond acceptors (Lipinski definition) is 4. The molecule has 2 heterocycles. The van der Waals surface area contributed by atoms with Crippen molar-refractivity contribution in [2.45, 2.75) is 19.6 Å². The van der Waals surface area contributed by atoms with E-state index in [0.29, 0.717) is 12.5 Å². The van der Waals surface area contributed by atoms with E-state index in [1.165, 1.54) is 0 Å². The Morgan fingerprint density at radius 3 is 3.00 bits per heavy atom. The minimum Gasteiger partial charge on any atom is -0.470 e. The van der Waals surface area contributed by atoms with Gasteiger partial charge in [-0.15, -0.1) is 0 Å². The van der Waals surface area contributed by atoms with Crippen LogP contribution in [0, 0.1) is 0 Å². The predicted octanol–water partition coefficient (Wildman–Crippen LogP) is 2.24. The van der Waals surface area contributed by atoms with Crippen LogP contribution in [0.5, 0.6) is 5.88 Å². The summed E-state index contributed by atoms with van der Waals surface area (Å²) in [6.45, 7) is 2.40. The van der Waals surface area contributed by atoms with Crippen molar-refractivity contribution in [2.24, 2.45) is 0 Å². The van der Waals surface area contributed by atoms with Crippen LogP contribution in [0.1, 0.15) is 16.9 Å². The van der Waals surface area contributed by atoms with Gasteiger partial charge >= 0.3 is 0 Å². The van der Waals surface area contributed by atoms with E-state index in [9.17, 15) is 0 Å². The summed E-state index contributed by atoms with van der Waals surface area (Å²) in [4.78, 5) is 2.24. The Hall–Kier alpha value is -1.81. The zero-order valence-electron chi connectivity index (χ0n) is 10.4. The summed E-state index contributed by atoms with van der Waals surface area (Å²) >= 11 is 0. The fraction of sp³-hybridized carbons (Fsp3) is 0.357. The molecule has 1 aliphatic heterocycles. The zero-order valence-corrected chi connectivity index (χ0v) is 10.4. The highest BCUT2D eigenvalue weighted by Crippen LogP contribution is 2.27. The van der Waals surface area contributed by atoms with Gasteiger partial charge in [0.05, 0.1) is 5.56 Å². The SMILES string of the molecule is CN1CCc2onc(OCc3ccccc3)c2C1. The summed E-state index contributed by atoms with van der Waals surface area (Å²) in [6, 6.07) is 10.1. The van der Waals surface area contributed by atoms with Crippen molar-refractivity contribution in [3.05, 3.63) is 47.2 Å². The maximum atomic E-state index is 5.75. The zero-order chi connectivity index (χ0) is 12.4. The van der Waals surface area contributed by atoms with E-state index in [4.69, 9.17) is 9.26 Å². The first-order valence-corrected chi connectivity index (χ1v) is 6.15. The first-order valence-electron chi connectivity index (χ1n) is 6.15. The molecule has 0 bridgehead atoms. The first kappa shape index (κ1) is 11.3. The third kappa shape index (κ3) is 2.24. The van der Waals surface area contributed by atoms with Crippen LogP contribution in [0.15, 0.2) is 34.9 Å². The molecule has 3 rings (SSSR count). The van der Waals surface area contributed by atoms with E-state index in [0.717, 1.165) is 36.4 Å². The maximum absolute atomic E-state index is 5.75. The summed E-state index contributed by atoms with van der Waals surface area (Å²) in [5, 5.41) is 4.02. The van der Waals surface area contributed by atoms with Crippen molar-refractivity contribution in [1.29, 1.82) is 0 Å². The summed E-state index contributed by atoms with van der Waals surface area (Å²) in [5.41, 5.74) is 2.23. The third-order valence-electron chi connectivity index (χ3n) is 3.20. The molecule has 0 atom stereocenters. The summed E-state index contributed by atoms with van der Waals surface area (Å²) in [6.07, 6.45) is 0.910. The maximum Gasteiger partial charge on any atom is 0.259 e. The topological polar surface area (TPSA) is 38.5 Å². The predicted molar refractivity (Wildman–Crippen MR) is 67.3 cm³/mol. The lowest BCUT2D eigenvalue weighted by atomic mass is 10.1. The Labute approximate surface area is 106 Å². The van der Waals surface area contributed by atoms with Gasteiger partial charge < -0.3 is 14.2 Å². The quantitative estimate of drug-likeness (QED) is 0.830. The highest BCUT2D eigenvalue weighted by atomic mass is 16.5. The van der Waals surface area contributed by atoms with Crippen molar-refractivity contribution in [3.8, 4) is 5.88 Å². The van der Waals surface area contributed by atoms with Gasteiger partial charge in [-0.1, -0.05) is 30.3 Å². The van der Waals surface area contributed by atoms with Crippen molar-refractivity contribution in [2.75, 3.05) is 13.6 Å². The molecule has 0 saturated heterocycles. The molecule has 1 aromatic carbocycles. The highest BCUT2D eigenvalue weighted by molar-refractivity contribution is 5.30. The van der Waals surface area contributed by atoms with E-state index in [1.807, 2.05) is 30.3 Å². The second kappa shape index (κ2) is 4.82. The molecule has 1 aliphatic rings. The van der Waals surface area contributed by atoms with Gasteiger partial charge in [0.2, 0.25) is 0 Å². The second-order valence-corrected chi connectivity index (χ2v) is 4.65. The Morgan fingerprint density at radius 2 is 2.17 bits per heavy atom. The molecule has 4 heteroatoms. The molecule has 0 fully saturated rings. The van der Waals surface area contributed by atoms with Crippen LogP contribution in [0.25, 0.3) is 0 Å². The van der Waals surface area contributed by atoms with Crippen molar-refractivity contribution in [3.63, 3.8) is 0 Å². The minimum atomic E-state index is 0.531. The van der Waals surface area contributed by atoms with Crippen LogP contribution in [-0.2, 0) is 19.6 Å². The fourth-order valence-corrected chi connectivity index (χ4v) is 2.16. The molecule has 0 radical (unpaired) electrons. The highest BCUT2D eigenvalue weighted by Gasteiger charge is 2.23. The van der Waals surface area contributed by atoms with Crippen molar-refractivity contribution < 1.29 is 9.26 Å². The van der Waals surface area contributed by atoms with Crippen molar-refractivity contribution >= 4 is 0 Å². The van der Waals surface area contributed by atoms with Crippen LogP contribution in [-0.4, -0.2) is 23.6 Å². The van der Waals surface area contributed by atoms with Gasteiger partial charge in [-0.3, -0.25) is 0 Å². The average Bonchev–Trinajstić information content (AvgIpc) is 2.80. The van der Waals surface area contributed by atoms with Crippen molar-refractivity contribution in [1.82, 2.24) is 10.1 Å². The smallest absolute Gasteiger partial charge is 0.259 e. The summed E-state index contributed by atoms with van der Waals surface area (Å²) in [5.74, 6) is 1.61. The molecule has 18 heavy (non-hydrogen) atoms. The largest absolute Gasteiger partial charge is 0.470 e. The van der Waals surface area contributed by atoms with Gasteiger partial charge in [0.1, 0.15) is 12.4 Å². The van der Waals surface area contributed by atoms with Gasteiger partial charge in [-0.2, -0.15) is 0 Å². The molecule has 0 amide bonds. The molecular weight excluding hydrogens is 228 g/mol. The Balaban J connectivity index is 1.72. The Kier molecular flexibility index (Phi) is 3.02. The van der Waals surface area contributed by atoms with Gasteiger partial charge in [-0.05, 0) is 17.8 Å². The van der Waals surface area contributed by atoms with Crippen LogP contribution in [0.4, 0.5) is 0 Å². The lowest BCUT2D eigenvalue weighted by molar-refractivity contribution is 0.265. The van der Waals surface area contributed by atoms with E-state index in [1.54, 1.807) is 0 Å². The van der Waals surface area contributed by atoms with E-state index >= 15 is 0 Å². The molecule has 0 saturated carbocycles. The molecule has 0 unspecified atom stereocenters. The van der Waals surface area contributed by atoms with Gasteiger partial charge in [0, 0.05) is 19.5 Å². The van der Waals surface area contributed by atoms with E-state index in [2.05, 4.69) is 17.1 Å². The van der Waals surface area contributed by atoms with Gasteiger partial charge in [0.25, 0.3) is 5.88 Å². The molecule has 0 aliphatic carbocycles. The number of likely N-dealkylation sites (N-methyl/N-ethyl adjacent to an activating group) is 1. The normalized spacial score (nSPS) is 15.4. The molecule has 1 aromatic heterocycles. The number of ether oxygens (including phenoxy) is 1. The average molecular weight is 244 g/mol. The minimum absolute atomic E-state index is 0.531. The lowest BCUT2D eigenvalue weighted by Crippen LogP contribution is -2.25. The van der Waals surface area contributed by atoms with Gasteiger partial charge in [-0.25, -0.2) is 0 Å². The number of nitrogens with zero attached hydrogens (tertiary/aromatic N) is 2. The number of benzene rings is 1.